The van der Waals surface area contributed by atoms with Crippen molar-refractivity contribution in [1.29, 1.82) is 0 Å². The summed E-state index contributed by atoms with van der Waals surface area (Å²) in [5.74, 6) is 0.679. The lowest BCUT2D eigenvalue weighted by molar-refractivity contribution is 0.354. The molecule has 0 saturated heterocycles. The third kappa shape index (κ3) is 5.52. The van der Waals surface area contributed by atoms with Gasteiger partial charge in [0.2, 0.25) is 10.0 Å². The molecule has 1 aromatic rings. The minimum absolute atomic E-state index is 0. The molecule has 1 rings (SSSR count). The van der Waals surface area contributed by atoms with Crippen LogP contribution in [0.3, 0.4) is 0 Å². The lowest BCUT2D eigenvalue weighted by Crippen LogP contribution is -2.25. The predicted octanol–water partition coefficient (Wildman–Crippen LogP) is 1.80. The average molecular weight is 359 g/mol. The Balaban J connectivity index is 0.00000400. The first-order chi connectivity index (χ1) is 9.46. The van der Waals surface area contributed by atoms with E-state index in [4.69, 9.17) is 26.8 Å². The minimum Gasteiger partial charge on any atom is -0.493 e. The average Bonchev–Trinajstić information content (AvgIpc) is 2.43. The van der Waals surface area contributed by atoms with Crippen LogP contribution in [0, 0.1) is 0 Å². The maximum Gasteiger partial charge on any atom is 0.242 e. The van der Waals surface area contributed by atoms with Gasteiger partial charge in [0.15, 0.2) is 11.5 Å². The van der Waals surface area contributed by atoms with E-state index in [-0.39, 0.29) is 22.3 Å². The molecule has 0 bridgehead atoms. The number of sulfonamides is 1. The molecule has 0 aliphatic rings. The normalized spacial score (nSPS) is 10.9. The zero-order valence-electron chi connectivity index (χ0n) is 11.9. The molecule has 0 spiro atoms. The van der Waals surface area contributed by atoms with Crippen molar-refractivity contribution in [3.8, 4) is 11.5 Å². The quantitative estimate of drug-likeness (QED) is 0.691. The van der Waals surface area contributed by atoms with Gasteiger partial charge in [0, 0.05) is 18.7 Å². The van der Waals surface area contributed by atoms with Crippen LogP contribution in [-0.4, -0.2) is 35.7 Å². The van der Waals surface area contributed by atoms with Gasteiger partial charge in [-0.2, -0.15) is 0 Å². The van der Waals surface area contributed by atoms with Crippen molar-refractivity contribution in [1.82, 2.24) is 4.72 Å². The molecule has 0 heterocycles. The Kier molecular flexibility index (Phi) is 9.00. The van der Waals surface area contributed by atoms with Gasteiger partial charge in [-0.25, -0.2) is 13.1 Å². The standard InChI is InChI=1S/C12H19ClN2O4S.ClH/c1-18-10-7-9(13)12(8-11(10)19-2)20(16,17)15-6-4-3-5-14;/h7-8,15H,3-6,14H2,1-2H3;1H. The second-order valence-corrected chi connectivity index (χ2v) is 6.17. The molecule has 0 amide bonds. The Morgan fingerprint density at radius 2 is 1.76 bits per heavy atom. The molecule has 9 heteroatoms. The monoisotopic (exact) mass is 358 g/mol. The van der Waals surface area contributed by atoms with Crippen LogP contribution in [0.2, 0.25) is 5.02 Å². The molecule has 0 saturated carbocycles. The number of nitrogens with two attached hydrogens (primary N) is 1. The number of methoxy groups -OCH3 is 2. The summed E-state index contributed by atoms with van der Waals surface area (Å²) in [5.41, 5.74) is 5.35. The molecule has 0 aromatic heterocycles. The fourth-order valence-corrected chi connectivity index (χ4v) is 3.20. The van der Waals surface area contributed by atoms with Crippen LogP contribution in [0.25, 0.3) is 0 Å². The number of hydrogen-bond acceptors (Lipinski definition) is 5. The zero-order chi connectivity index (χ0) is 15.2. The van der Waals surface area contributed by atoms with Crippen LogP contribution in [-0.2, 0) is 10.0 Å². The topological polar surface area (TPSA) is 90.7 Å². The molecule has 122 valence electrons. The smallest absolute Gasteiger partial charge is 0.242 e. The fraction of sp³-hybridized carbons (Fsp3) is 0.500. The number of hydrogen-bond donors (Lipinski definition) is 2. The maximum atomic E-state index is 12.2. The Morgan fingerprint density at radius 1 is 1.19 bits per heavy atom. The predicted molar refractivity (Wildman–Crippen MR) is 85.3 cm³/mol. The molecule has 0 radical (unpaired) electrons. The Labute approximate surface area is 136 Å². The number of halogens is 2. The summed E-state index contributed by atoms with van der Waals surface area (Å²) >= 11 is 5.99. The summed E-state index contributed by atoms with van der Waals surface area (Å²) in [6.45, 7) is 0.836. The summed E-state index contributed by atoms with van der Waals surface area (Å²) < 4.78 is 36.9. The maximum absolute atomic E-state index is 12.2. The van der Waals surface area contributed by atoms with Crippen molar-refractivity contribution in [3.63, 3.8) is 0 Å². The van der Waals surface area contributed by atoms with Crippen LogP contribution in [0.15, 0.2) is 17.0 Å². The highest BCUT2D eigenvalue weighted by molar-refractivity contribution is 7.89. The van der Waals surface area contributed by atoms with Gasteiger partial charge in [-0.3, -0.25) is 0 Å². The second-order valence-electron chi connectivity index (χ2n) is 4.03. The first-order valence-electron chi connectivity index (χ1n) is 6.07. The Bertz CT molecular complexity index is 552. The van der Waals surface area contributed by atoms with Crippen LogP contribution >= 0.6 is 24.0 Å². The number of benzene rings is 1. The SMILES string of the molecule is COc1cc(Cl)c(S(=O)(=O)NCCCCN)cc1OC.Cl. The lowest BCUT2D eigenvalue weighted by atomic mass is 10.3. The highest BCUT2D eigenvalue weighted by Crippen LogP contribution is 2.35. The van der Waals surface area contributed by atoms with Gasteiger partial charge in [0.25, 0.3) is 0 Å². The molecule has 21 heavy (non-hydrogen) atoms. The van der Waals surface area contributed by atoms with E-state index < -0.39 is 10.0 Å². The summed E-state index contributed by atoms with van der Waals surface area (Å²) in [7, 11) is -0.808. The second kappa shape index (κ2) is 9.32. The van der Waals surface area contributed by atoms with Gasteiger partial charge < -0.3 is 15.2 Å². The third-order valence-corrected chi connectivity index (χ3v) is 4.58. The van der Waals surface area contributed by atoms with Crippen LogP contribution in [0.1, 0.15) is 12.8 Å². The zero-order valence-corrected chi connectivity index (χ0v) is 14.3. The molecule has 0 fully saturated rings. The van der Waals surface area contributed by atoms with E-state index in [1.165, 1.54) is 26.4 Å². The largest absolute Gasteiger partial charge is 0.493 e. The van der Waals surface area contributed by atoms with Crippen LogP contribution < -0.4 is 19.9 Å². The van der Waals surface area contributed by atoms with Crippen LogP contribution in [0.4, 0.5) is 0 Å². The van der Waals surface area contributed by atoms with Crippen molar-refractivity contribution >= 4 is 34.0 Å². The highest BCUT2D eigenvalue weighted by Gasteiger charge is 2.20. The molecular weight excluding hydrogens is 339 g/mol. The third-order valence-electron chi connectivity index (χ3n) is 2.65. The highest BCUT2D eigenvalue weighted by atomic mass is 35.5. The Morgan fingerprint density at radius 3 is 2.29 bits per heavy atom. The van der Waals surface area contributed by atoms with E-state index in [0.29, 0.717) is 31.0 Å². The molecule has 0 unspecified atom stereocenters. The summed E-state index contributed by atoms with van der Waals surface area (Å²) in [5, 5.41) is 0.0778. The van der Waals surface area contributed by atoms with Crippen molar-refractivity contribution in [2.24, 2.45) is 5.73 Å². The van der Waals surface area contributed by atoms with E-state index in [9.17, 15) is 8.42 Å². The molecule has 0 atom stereocenters. The number of unbranched alkanes of at least 4 members (excludes halogenated alkanes) is 1. The van der Waals surface area contributed by atoms with Gasteiger partial charge in [-0.05, 0) is 19.4 Å². The molecular formula is C12H20Cl2N2O4S. The summed E-state index contributed by atoms with van der Waals surface area (Å²) in [4.78, 5) is -0.0374. The number of rotatable bonds is 8. The van der Waals surface area contributed by atoms with Gasteiger partial charge in [0.05, 0.1) is 19.2 Å². The lowest BCUT2D eigenvalue weighted by Gasteiger charge is -2.12. The van der Waals surface area contributed by atoms with Crippen molar-refractivity contribution in [2.45, 2.75) is 17.7 Å². The fourth-order valence-electron chi connectivity index (χ4n) is 1.60. The van der Waals surface area contributed by atoms with E-state index in [2.05, 4.69) is 4.72 Å². The van der Waals surface area contributed by atoms with Crippen LogP contribution in [0.5, 0.6) is 11.5 Å². The van der Waals surface area contributed by atoms with Crippen molar-refractivity contribution < 1.29 is 17.9 Å². The van der Waals surface area contributed by atoms with Gasteiger partial charge in [-0.1, -0.05) is 11.6 Å². The molecule has 0 aliphatic heterocycles. The first-order valence-corrected chi connectivity index (χ1v) is 7.93. The number of ether oxygens (including phenoxy) is 2. The van der Waals surface area contributed by atoms with Gasteiger partial charge in [-0.15, -0.1) is 12.4 Å². The van der Waals surface area contributed by atoms with Crippen molar-refractivity contribution in [2.75, 3.05) is 27.3 Å². The summed E-state index contributed by atoms with van der Waals surface area (Å²) in [6.07, 6.45) is 1.42. The molecule has 3 N–H and O–H groups in total. The number of nitrogens with one attached hydrogen (secondary N) is 1. The van der Waals surface area contributed by atoms with Gasteiger partial charge in [0.1, 0.15) is 4.90 Å². The molecule has 6 nitrogen and oxygen atoms in total. The van der Waals surface area contributed by atoms with E-state index in [0.717, 1.165) is 6.42 Å². The van der Waals surface area contributed by atoms with E-state index in [1.54, 1.807) is 0 Å². The van der Waals surface area contributed by atoms with Gasteiger partial charge >= 0.3 is 0 Å². The minimum atomic E-state index is -3.69. The molecule has 0 aliphatic carbocycles. The first kappa shape index (κ1) is 20.3. The summed E-state index contributed by atoms with van der Waals surface area (Å²) in [6, 6.07) is 2.75. The molecule has 1 aromatic carbocycles. The van der Waals surface area contributed by atoms with E-state index >= 15 is 0 Å². The van der Waals surface area contributed by atoms with E-state index in [1.807, 2.05) is 0 Å². The van der Waals surface area contributed by atoms with Crippen molar-refractivity contribution in [3.05, 3.63) is 17.2 Å². The Hall–Kier alpha value is -0.730.